The number of halogens is 2. The van der Waals surface area contributed by atoms with Crippen LogP contribution in [0.5, 0.6) is 0 Å². The molecule has 4 rings (SSSR count). The largest absolute Gasteiger partial charge is 0.371 e. The van der Waals surface area contributed by atoms with E-state index in [0.717, 1.165) is 51.9 Å². The molecule has 2 aliphatic heterocycles. The van der Waals surface area contributed by atoms with Gasteiger partial charge in [0.1, 0.15) is 5.82 Å². The van der Waals surface area contributed by atoms with Crippen LogP contribution in [0.4, 0.5) is 10.1 Å². The summed E-state index contributed by atoms with van der Waals surface area (Å²) < 4.78 is 14.0. The zero-order valence-corrected chi connectivity index (χ0v) is 18.7. The number of nitrogens with zero attached hydrogens (tertiary/aromatic N) is 2. The molecule has 1 fully saturated rings. The van der Waals surface area contributed by atoms with Gasteiger partial charge in [-0.05, 0) is 69.0 Å². The number of aryl methyl sites for hydroxylation is 1. The van der Waals surface area contributed by atoms with Crippen molar-refractivity contribution in [3.8, 4) is 0 Å². The number of fused-ring (bicyclic) bond motifs is 1. The number of piperidine rings is 1. The van der Waals surface area contributed by atoms with E-state index in [2.05, 4.69) is 39.4 Å². The van der Waals surface area contributed by atoms with Gasteiger partial charge in [0.2, 0.25) is 5.91 Å². The predicted molar refractivity (Wildman–Crippen MR) is 124 cm³/mol. The highest BCUT2D eigenvalue weighted by molar-refractivity contribution is 6.31. The molecule has 1 N–H and O–H groups in total. The molecule has 1 amide bonds. The van der Waals surface area contributed by atoms with Gasteiger partial charge in [-0.1, -0.05) is 35.9 Å². The fraction of sp³-hybridized carbons (Fsp3) is 0.480. The Hall–Kier alpha value is -2.11. The first-order valence-corrected chi connectivity index (χ1v) is 11.8. The summed E-state index contributed by atoms with van der Waals surface area (Å²) in [7, 11) is 0. The smallest absolute Gasteiger partial charge is 0.223 e. The lowest BCUT2D eigenvalue weighted by molar-refractivity contribution is -0.126. The van der Waals surface area contributed by atoms with Crippen molar-refractivity contribution in [1.29, 1.82) is 0 Å². The van der Waals surface area contributed by atoms with E-state index in [1.807, 2.05) is 0 Å². The number of hydrogen-bond donors (Lipinski definition) is 1. The number of amides is 1. The van der Waals surface area contributed by atoms with Gasteiger partial charge in [-0.15, -0.1) is 0 Å². The lowest BCUT2D eigenvalue weighted by Crippen LogP contribution is -2.41. The van der Waals surface area contributed by atoms with Crippen LogP contribution < -0.4 is 10.2 Å². The molecule has 6 heteroatoms. The van der Waals surface area contributed by atoms with Gasteiger partial charge in [-0.3, -0.25) is 9.69 Å². The molecule has 2 aromatic rings. The van der Waals surface area contributed by atoms with Gasteiger partial charge in [0.15, 0.2) is 0 Å². The number of carbonyl (C=O) groups excluding carboxylic acids is 1. The van der Waals surface area contributed by atoms with Crippen LogP contribution in [0.1, 0.15) is 36.8 Å². The first-order valence-electron chi connectivity index (χ1n) is 11.4. The second-order valence-electron chi connectivity index (χ2n) is 8.61. The van der Waals surface area contributed by atoms with E-state index >= 15 is 0 Å². The number of para-hydroxylation sites is 1. The van der Waals surface area contributed by atoms with Crippen LogP contribution in [-0.2, 0) is 17.8 Å². The van der Waals surface area contributed by atoms with Crippen molar-refractivity contribution < 1.29 is 9.18 Å². The van der Waals surface area contributed by atoms with E-state index in [4.69, 9.17) is 11.6 Å². The topological polar surface area (TPSA) is 35.6 Å². The summed E-state index contributed by atoms with van der Waals surface area (Å²) in [5.74, 6) is -0.0608. The van der Waals surface area contributed by atoms with Crippen LogP contribution in [0, 0.1) is 11.7 Å². The Morgan fingerprint density at radius 3 is 2.71 bits per heavy atom. The van der Waals surface area contributed by atoms with Crippen molar-refractivity contribution in [2.45, 2.75) is 38.6 Å². The average molecular weight is 444 g/mol. The Balaban J connectivity index is 1.17. The number of benzene rings is 2. The van der Waals surface area contributed by atoms with Gasteiger partial charge < -0.3 is 10.2 Å². The van der Waals surface area contributed by atoms with Crippen molar-refractivity contribution in [1.82, 2.24) is 10.2 Å². The second-order valence-corrected chi connectivity index (χ2v) is 9.02. The lowest BCUT2D eigenvalue weighted by Gasteiger charge is -2.32. The maximum atomic E-state index is 14.0. The van der Waals surface area contributed by atoms with Crippen molar-refractivity contribution in [3.05, 3.63) is 64.4 Å². The Morgan fingerprint density at radius 1 is 1.10 bits per heavy atom. The summed E-state index contributed by atoms with van der Waals surface area (Å²) in [4.78, 5) is 17.2. The van der Waals surface area contributed by atoms with Gasteiger partial charge in [0.05, 0.1) is 0 Å². The highest BCUT2D eigenvalue weighted by Gasteiger charge is 2.25. The Kier molecular flexibility index (Phi) is 7.46. The number of hydrogen-bond acceptors (Lipinski definition) is 3. The van der Waals surface area contributed by atoms with E-state index in [1.54, 1.807) is 12.1 Å². The molecule has 2 aromatic carbocycles. The third kappa shape index (κ3) is 5.58. The van der Waals surface area contributed by atoms with E-state index in [0.29, 0.717) is 23.7 Å². The zero-order valence-electron chi connectivity index (χ0n) is 18.0. The highest BCUT2D eigenvalue weighted by Crippen LogP contribution is 2.27. The molecule has 4 nitrogen and oxygen atoms in total. The number of carbonyl (C=O) groups is 1. The van der Waals surface area contributed by atoms with E-state index < -0.39 is 0 Å². The summed E-state index contributed by atoms with van der Waals surface area (Å²) in [5, 5.41) is 3.60. The number of rotatable bonds is 7. The Morgan fingerprint density at radius 2 is 1.90 bits per heavy atom. The van der Waals surface area contributed by atoms with E-state index in [9.17, 15) is 9.18 Å². The molecule has 2 heterocycles. The molecule has 0 spiro atoms. The summed E-state index contributed by atoms with van der Waals surface area (Å²) in [6.07, 6.45) is 4.91. The average Bonchev–Trinajstić information content (AvgIpc) is 2.79. The van der Waals surface area contributed by atoms with E-state index in [-0.39, 0.29) is 17.6 Å². The van der Waals surface area contributed by atoms with Crippen LogP contribution in [0.25, 0.3) is 0 Å². The van der Waals surface area contributed by atoms with Crippen LogP contribution in [-0.4, -0.2) is 43.5 Å². The number of anilines is 1. The van der Waals surface area contributed by atoms with Crippen LogP contribution in [0.2, 0.25) is 5.02 Å². The predicted octanol–water partition coefficient (Wildman–Crippen LogP) is 4.65. The Labute approximate surface area is 189 Å². The fourth-order valence-corrected chi connectivity index (χ4v) is 4.95. The molecule has 0 aromatic heterocycles. The highest BCUT2D eigenvalue weighted by atomic mass is 35.5. The fourth-order valence-electron chi connectivity index (χ4n) is 4.73. The molecule has 0 unspecified atom stereocenters. The molecule has 0 saturated carbocycles. The molecular formula is C25H31ClFN3O. The summed E-state index contributed by atoms with van der Waals surface area (Å²) >= 11 is 6.15. The minimum Gasteiger partial charge on any atom is -0.371 e. The number of likely N-dealkylation sites (tertiary alicyclic amines) is 1. The summed E-state index contributed by atoms with van der Waals surface area (Å²) in [5.41, 5.74) is 3.33. The zero-order chi connectivity index (χ0) is 21.6. The van der Waals surface area contributed by atoms with Gasteiger partial charge in [0, 0.05) is 48.4 Å². The third-order valence-corrected chi connectivity index (χ3v) is 6.87. The summed E-state index contributed by atoms with van der Waals surface area (Å²) in [6.45, 7) is 4.84. The van der Waals surface area contributed by atoms with Crippen molar-refractivity contribution in [2.75, 3.05) is 37.6 Å². The maximum Gasteiger partial charge on any atom is 0.223 e. The monoisotopic (exact) mass is 443 g/mol. The van der Waals surface area contributed by atoms with Crippen molar-refractivity contribution >= 4 is 23.2 Å². The molecule has 0 radical (unpaired) electrons. The van der Waals surface area contributed by atoms with Crippen LogP contribution in [0.15, 0.2) is 42.5 Å². The molecule has 31 heavy (non-hydrogen) atoms. The first-order chi connectivity index (χ1) is 15.1. The molecule has 1 saturated heterocycles. The van der Waals surface area contributed by atoms with Gasteiger partial charge in [-0.2, -0.15) is 0 Å². The van der Waals surface area contributed by atoms with Crippen molar-refractivity contribution in [3.63, 3.8) is 0 Å². The molecule has 166 valence electrons. The van der Waals surface area contributed by atoms with E-state index in [1.165, 1.54) is 23.7 Å². The molecular weight excluding hydrogens is 413 g/mol. The van der Waals surface area contributed by atoms with Gasteiger partial charge in [0.25, 0.3) is 0 Å². The minimum absolute atomic E-state index is 0.0445. The van der Waals surface area contributed by atoms with Crippen LogP contribution >= 0.6 is 11.6 Å². The molecule has 2 aliphatic rings. The quantitative estimate of drug-likeness (QED) is 0.632. The molecule has 0 atom stereocenters. The van der Waals surface area contributed by atoms with Gasteiger partial charge >= 0.3 is 0 Å². The molecule has 0 aliphatic carbocycles. The normalized spacial score (nSPS) is 17.4. The van der Waals surface area contributed by atoms with Gasteiger partial charge in [-0.25, -0.2) is 4.39 Å². The first kappa shape index (κ1) is 22.1. The minimum atomic E-state index is -0.260. The second kappa shape index (κ2) is 10.5. The molecule has 0 bridgehead atoms. The third-order valence-electron chi connectivity index (χ3n) is 6.51. The Bertz CT molecular complexity index is 878. The summed E-state index contributed by atoms with van der Waals surface area (Å²) in [6, 6.07) is 13.4. The standard InChI is InChI=1S/C25H31ClFN3O/c26-22-8-3-9-23(27)21(22)18-29-16-11-20(12-17-29)25(31)28-13-5-15-30-14-4-7-19-6-1-2-10-24(19)30/h1-3,6,8-10,20H,4-5,7,11-18H2,(H,28,31). The SMILES string of the molecule is O=C(NCCCN1CCCc2ccccc21)C1CCN(Cc2c(F)cccc2Cl)CC1. The maximum absolute atomic E-state index is 14.0. The number of nitrogens with one attached hydrogen (secondary N) is 1. The van der Waals surface area contributed by atoms with Crippen molar-refractivity contribution in [2.24, 2.45) is 5.92 Å². The lowest BCUT2D eigenvalue weighted by atomic mass is 9.95. The van der Waals surface area contributed by atoms with Crippen LogP contribution in [0.3, 0.4) is 0 Å².